The second kappa shape index (κ2) is 13.2. The Balaban J connectivity index is 1.15. The molecule has 6 atom stereocenters. The molecule has 3 N–H and O–H groups in total. The van der Waals surface area contributed by atoms with E-state index in [0.717, 1.165) is 30.2 Å². The molecule has 2 aromatic carbocycles. The van der Waals surface area contributed by atoms with Crippen LogP contribution >= 0.6 is 11.8 Å². The van der Waals surface area contributed by atoms with Crippen molar-refractivity contribution in [2.45, 2.75) is 74.3 Å². The molecule has 0 bridgehead atoms. The van der Waals surface area contributed by atoms with E-state index in [-0.39, 0.29) is 18.6 Å². The van der Waals surface area contributed by atoms with E-state index in [1.807, 2.05) is 30.3 Å². The van der Waals surface area contributed by atoms with Crippen molar-refractivity contribution in [2.75, 3.05) is 24.3 Å². The summed E-state index contributed by atoms with van der Waals surface area (Å²) in [6.45, 7) is 3.14. The zero-order valence-corrected chi connectivity index (χ0v) is 24.5. The summed E-state index contributed by atoms with van der Waals surface area (Å²) in [6, 6.07) is 13.1. The van der Waals surface area contributed by atoms with Gasteiger partial charge in [0.15, 0.2) is 33.8 Å². The van der Waals surface area contributed by atoms with Crippen LogP contribution in [-0.4, -0.2) is 78.5 Å². The average Bonchev–Trinajstić information content (AvgIpc) is 3.56. The molecular weight excluding hydrogens is 578 g/mol. The Morgan fingerprint density at radius 2 is 1.86 bits per heavy atom. The van der Waals surface area contributed by atoms with Crippen LogP contribution in [-0.2, 0) is 16.1 Å². The summed E-state index contributed by atoms with van der Waals surface area (Å²) >= 11 is 1.50. The molecule has 10 nitrogen and oxygen atoms in total. The molecular formula is C30H34F2N6O4S. The monoisotopic (exact) mass is 612 g/mol. The minimum absolute atomic E-state index is 0.00304. The second-order valence-electron chi connectivity index (χ2n) is 10.9. The third-order valence-corrected chi connectivity index (χ3v) is 8.86. The third kappa shape index (κ3) is 6.65. The van der Waals surface area contributed by atoms with Crippen molar-refractivity contribution >= 4 is 28.7 Å². The number of aromatic nitrogens is 5. The van der Waals surface area contributed by atoms with E-state index < -0.39 is 36.0 Å². The van der Waals surface area contributed by atoms with Crippen molar-refractivity contribution in [2.24, 2.45) is 0 Å². The number of fused-ring (bicyclic) bond motifs is 1. The number of nitrogens with zero attached hydrogens (tertiary/aromatic N) is 5. The summed E-state index contributed by atoms with van der Waals surface area (Å²) in [7, 11) is 0. The minimum Gasteiger partial charge on any atom is -0.388 e. The van der Waals surface area contributed by atoms with Gasteiger partial charge in [-0.25, -0.2) is 23.4 Å². The number of halogens is 2. The lowest BCUT2D eigenvalue weighted by molar-refractivity contribution is -0.0698. The Morgan fingerprint density at radius 1 is 1.02 bits per heavy atom. The number of aliphatic hydroxyl groups excluding tert-OH is 2. The number of aliphatic hydroxyl groups is 2. The standard InChI is InChI=1S/C30H34F2N6O4S/c1-2-12-43-30-34-28(33-22-14-19(22)18-8-9-20(31)21(32)13-18)25-29(35-30)38(37-36-25)23-15-24(27(40)26(23)39)42-11-10-41-16-17-6-4-3-5-7-17/h3-9,13,19,22-24,26-27,39-40H,2,10-12,14-16H2,1H3,(H,33,34,35)/t19-,22+,23+,24-,26-,27+/m0/s1. The maximum atomic E-state index is 13.8. The van der Waals surface area contributed by atoms with Gasteiger partial charge in [-0.2, -0.15) is 0 Å². The zero-order chi connectivity index (χ0) is 29.9. The van der Waals surface area contributed by atoms with Gasteiger partial charge in [-0.05, 0) is 36.1 Å². The molecule has 2 aliphatic rings. The largest absolute Gasteiger partial charge is 0.388 e. The fraction of sp³-hybridized carbons (Fsp3) is 0.467. The first-order chi connectivity index (χ1) is 20.9. The molecule has 43 heavy (non-hydrogen) atoms. The highest BCUT2D eigenvalue weighted by Gasteiger charge is 2.45. The summed E-state index contributed by atoms with van der Waals surface area (Å²) in [5.41, 5.74) is 2.64. The highest BCUT2D eigenvalue weighted by atomic mass is 32.2. The molecule has 0 saturated heterocycles. The van der Waals surface area contributed by atoms with Crippen LogP contribution in [0.5, 0.6) is 0 Å². The molecule has 2 fully saturated rings. The van der Waals surface area contributed by atoms with E-state index in [4.69, 9.17) is 14.5 Å². The SMILES string of the molecule is CCCSc1nc(N[C@@H]2C[C@H]2c2ccc(F)c(F)c2)c2nnn([C@@H]3C[C@H](OCCOCc4ccccc4)[C@@H](O)[C@H]3O)c2n1. The zero-order valence-electron chi connectivity index (χ0n) is 23.6. The molecule has 2 heterocycles. The number of anilines is 1. The number of hydrogen-bond acceptors (Lipinski definition) is 10. The predicted molar refractivity (Wildman–Crippen MR) is 157 cm³/mol. The van der Waals surface area contributed by atoms with Gasteiger partial charge < -0.3 is 25.0 Å². The Labute approximate surface area is 251 Å². The molecule has 0 unspecified atom stereocenters. The lowest BCUT2D eigenvalue weighted by Gasteiger charge is -2.17. The molecule has 2 saturated carbocycles. The first-order valence-electron chi connectivity index (χ1n) is 14.5. The van der Waals surface area contributed by atoms with Crippen LogP contribution in [0.1, 0.15) is 49.3 Å². The molecule has 2 aliphatic carbocycles. The van der Waals surface area contributed by atoms with Crippen molar-refractivity contribution in [1.82, 2.24) is 25.0 Å². The minimum atomic E-state index is -1.14. The van der Waals surface area contributed by atoms with E-state index in [1.165, 1.54) is 17.8 Å². The summed E-state index contributed by atoms with van der Waals surface area (Å²) in [5.74, 6) is -0.443. The van der Waals surface area contributed by atoms with Crippen LogP contribution in [0.25, 0.3) is 11.2 Å². The van der Waals surface area contributed by atoms with Crippen molar-refractivity contribution in [1.29, 1.82) is 0 Å². The number of nitrogens with one attached hydrogen (secondary N) is 1. The van der Waals surface area contributed by atoms with E-state index in [1.54, 1.807) is 10.7 Å². The molecule has 0 spiro atoms. The Kier molecular flexibility index (Phi) is 9.14. The fourth-order valence-corrected chi connectivity index (χ4v) is 6.13. The van der Waals surface area contributed by atoms with Crippen LogP contribution in [0.15, 0.2) is 53.7 Å². The molecule has 13 heteroatoms. The third-order valence-electron chi connectivity index (χ3n) is 7.81. The summed E-state index contributed by atoms with van der Waals surface area (Å²) in [6.07, 6.45) is -0.908. The lowest BCUT2D eigenvalue weighted by atomic mass is 10.1. The van der Waals surface area contributed by atoms with Gasteiger partial charge in [0.2, 0.25) is 0 Å². The topological polar surface area (TPSA) is 127 Å². The first kappa shape index (κ1) is 29.8. The van der Waals surface area contributed by atoms with Gasteiger partial charge >= 0.3 is 0 Å². The van der Waals surface area contributed by atoms with E-state index >= 15 is 0 Å². The highest BCUT2D eigenvalue weighted by Crippen LogP contribution is 2.44. The maximum Gasteiger partial charge on any atom is 0.191 e. The van der Waals surface area contributed by atoms with Gasteiger partial charge in [0.1, 0.15) is 12.2 Å². The van der Waals surface area contributed by atoms with Crippen LogP contribution in [0.3, 0.4) is 0 Å². The van der Waals surface area contributed by atoms with Crippen molar-refractivity contribution < 1.29 is 28.5 Å². The smallest absolute Gasteiger partial charge is 0.191 e. The number of benzene rings is 2. The lowest BCUT2D eigenvalue weighted by Crippen LogP contribution is -2.33. The van der Waals surface area contributed by atoms with Gasteiger partial charge in [-0.15, -0.1) is 5.10 Å². The Bertz CT molecular complexity index is 1550. The van der Waals surface area contributed by atoms with Gasteiger partial charge in [-0.1, -0.05) is 60.3 Å². The van der Waals surface area contributed by atoms with E-state index in [0.29, 0.717) is 47.3 Å². The molecule has 2 aromatic heterocycles. The van der Waals surface area contributed by atoms with Gasteiger partial charge in [0.25, 0.3) is 0 Å². The van der Waals surface area contributed by atoms with Gasteiger partial charge in [-0.3, -0.25) is 0 Å². The van der Waals surface area contributed by atoms with Crippen LogP contribution in [0.4, 0.5) is 14.6 Å². The molecule has 228 valence electrons. The Hall–Kier alpha value is -3.23. The van der Waals surface area contributed by atoms with Gasteiger partial charge in [0.05, 0.1) is 32.0 Å². The average molecular weight is 613 g/mol. The summed E-state index contributed by atoms with van der Waals surface area (Å²) in [5, 5.41) is 34.3. The molecule has 0 aliphatic heterocycles. The first-order valence-corrected chi connectivity index (χ1v) is 15.5. The maximum absolute atomic E-state index is 13.8. The normalized spacial score (nSPS) is 25.0. The van der Waals surface area contributed by atoms with E-state index in [9.17, 15) is 19.0 Å². The van der Waals surface area contributed by atoms with Crippen molar-refractivity contribution in [3.63, 3.8) is 0 Å². The number of hydrogen-bond donors (Lipinski definition) is 3. The van der Waals surface area contributed by atoms with Crippen molar-refractivity contribution in [3.05, 3.63) is 71.3 Å². The predicted octanol–water partition coefficient (Wildman–Crippen LogP) is 4.24. The van der Waals surface area contributed by atoms with Crippen LogP contribution in [0, 0.1) is 11.6 Å². The number of rotatable bonds is 13. The van der Waals surface area contributed by atoms with Crippen LogP contribution in [0.2, 0.25) is 0 Å². The molecule has 0 amide bonds. The summed E-state index contributed by atoms with van der Waals surface area (Å²) in [4.78, 5) is 9.40. The van der Waals surface area contributed by atoms with Crippen LogP contribution < -0.4 is 5.32 Å². The quantitative estimate of drug-likeness (QED) is 0.115. The molecule has 0 radical (unpaired) electrons. The number of ether oxygens (including phenoxy) is 2. The van der Waals surface area contributed by atoms with E-state index in [2.05, 4.69) is 27.5 Å². The summed E-state index contributed by atoms with van der Waals surface area (Å²) < 4.78 is 40.4. The Morgan fingerprint density at radius 3 is 2.65 bits per heavy atom. The molecule has 6 rings (SSSR count). The van der Waals surface area contributed by atoms with Gasteiger partial charge in [0, 0.05) is 24.1 Å². The molecule has 4 aromatic rings. The fourth-order valence-electron chi connectivity index (χ4n) is 5.43. The second-order valence-corrected chi connectivity index (χ2v) is 12.0. The highest BCUT2D eigenvalue weighted by molar-refractivity contribution is 7.99. The number of thioether (sulfide) groups is 1. The van der Waals surface area contributed by atoms with Crippen molar-refractivity contribution in [3.8, 4) is 0 Å².